The summed E-state index contributed by atoms with van der Waals surface area (Å²) in [5.41, 5.74) is 3.66. The first-order valence-electron chi connectivity index (χ1n) is 16.3. The van der Waals surface area contributed by atoms with Crippen molar-refractivity contribution in [3.05, 3.63) is 53.7 Å². The number of anilines is 2. The molecule has 3 aromatic rings. The molecular weight excluding hydrogens is 553 g/mol. The summed E-state index contributed by atoms with van der Waals surface area (Å²) < 4.78 is 13.0. The lowest BCUT2D eigenvalue weighted by molar-refractivity contribution is 0.140. The predicted molar refractivity (Wildman–Crippen MR) is 179 cm³/mol. The van der Waals surface area contributed by atoms with Gasteiger partial charge in [0.2, 0.25) is 0 Å². The van der Waals surface area contributed by atoms with Crippen LogP contribution >= 0.6 is 0 Å². The average molecular weight is 603 g/mol. The Hall–Kier alpha value is -2.72. The van der Waals surface area contributed by atoms with Crippen molar-refractivity contribution in [3.8, 4) is 6.01 Å². The maximum absolute atomic E-state index is 6.50. The first-order chi connectivity index (χ1) is 20.7. The highest BCUT2D eigenvalue weighted by Crippen LogP contribution is 2.37. The second-order valence-electron chi connectivity index (χ2n) is 13.9. The lowest BCUT2D eigenvalue weighted by Gasteiger charge is -2.37. The van der Waals surface area contributed by atoms with Crippen LogP contribution in [0.4, 0.5) is 11.5 Å². The molecule has 0 bridgehead atoms. The van der Waals surface area contributed by atoms with Gasteiger partial charge in [-0.1, -0.05) is 57.2 Å². The van der Waals surface area contributed by atoms with Gasteiger partial charge >= 0.3 is 6.01 Å². The highest BCUT2D eigenvalue weighted by molar-refractivity contribution is 6.74. The molecule has 1 aromatic heterocycles. The number of hydrogen-bond donors (Lipinski definition) is 1. The van der Waals surface area contributed by atoms with Gasteiger partial charge in [-0.3, -0.25) is 4.90 Å². The molecule has 3 aliphatic rings. The summed E-state index contributed by atoms with van der Waals surface area (Å²) in [5, 5.41) is 6.28. The van der Waals surface area contributed by atoms with E-state index in [0.717, 1.165) is 83.3 Å². The molecule has 0 spiro atoms. The Labute approximate surface area is 258 Å². The maximum Gasteiger partial charge on any atom is 0.318 e. The number of ether oxygens (including phenoxy) is 1. The standard InChI is InChI=1S/C34H50N6O2Si/c1-34(2,3)43(4,5)42-23-22-38-18-9-12-27(38)25-41-33-36-30-24-40(31-14-8-11-26-10-6-7-13-28(26)31)19-15-29(30)32(37-33)39-20-16-35-17-21-39/h6-8,10-11,13-14,27,35H,9,12,15-25H2,1-5H3/t27-/m0/s1. The first-order valence-corrected chi connectivity index (χ1v) is 19.2. The average Bonchev–Trinajstić information content (AvgIpc) is 3.46. The van der Waals surface area contributed by atoms with E-state index in [1.54, 1.807) is 0 Å². The van der Waals surface area contributed by atoms with E-state index >= 15 is 0 Å². The quantitative estimate of drug-likeness (QED) is 0.324. The molecule has 0 radical (unpaired) electrons. The van der Waals surface area contributed by atoms with Crippen LogP contribution in [0.5, 0.6) is 6.01 Å². The summed E-state index contributed by atoms with van der Waals surface area (Å²) in [4.78, 5) is 17.6. The Balaban J connectivity index is 1.18. The van der Waals surface area contributed by atoms with E-state index in [-0.39, 0.29) is 5.04 Å². The van der Waals surface area contributed by atoms with Gasteiger partial charge in [0.15, 0.2) is 8.32 Å². The smallest absolute Gasteiger partial charge is 0.318 e. The molecule has 2 fully saturated rings. The van der Waals surface area contributed by atoms with E-state index in [1.165, 1.54) is 28.4 Å². The minimum atomic E-state index is -1.74. The highest BCUT2D eigenvalue weighted by Gasteiger charge is 2.37. The number of benzene rings is 2. The molecule has 8 nitrogen and oxygen atoms in total. The molecule has 9 heteroatoms. The minimum absolute atomic E-state index is 0.232. The van der Waals surface area contributed by atoms with Gasteiger partial charge in [-0.05, 0) is 55.4 Å². The normalized spacial score (nSPS) is 20.1. The Kier molecular flexibility index (Phi) is 8.96. The van der Waals surface area contributed by atoms with E-state index in [4.69, 9.17) is 19.1 Å². The highest BCUT2D eigenvalue weighted by atomic mass is 28.4. The second-order valence-corrected chi connectivity index (χ2v) is 18.7. The van der Waals surface area contributed by atoms with Gasteiger partial charge in [-0.25, -0.2) is 0 Å². The molecule has 3 aliphatic heterocycles. The van der Waals surface area contributed by atoms with E-state index < -0.39 is 8.32 Å². The van der Waals surface area contributed by atoms with E-state index in [0.29, 0.717) is 18.7 Å². The molecule has 1 atom stereocenters. The third-order valence-electron chi connectivity index (χ3n) is 10.1. The number of piperazine rings is 1. The van der Waals surface area contributed by atoms with Crippen LogP contribution in [0.2, 0.25) is 18.1 Å². The fourth-order valence-corrected chi connectivity index (χ4v) is 7.50. The molecule has 0 unspecified atom stereocenters. The number of hydrogen-bond acceptors (Lipinski definition) is 8. The van der Waals surface area contributed by atoms with Crippen molar-refractivity contribution >= 4 is 30.6 Å². The Morgan fingerprint density at radius 2 is 1.74 bits per heavy atom. The lowest BCUT2D eigenvalue weighted by atomic mass is 10.0. The number of nitrogens with one attached hydrogen (secondary N) is 1. The van der Waals surface area contributed by atoms with Crippen LogP contribution in [-0.2, 0) is 17.4 Å². The molecule has 2 aromatic carbocycles. The van der Waals surface area contributed by atoms with Crippen molar-refractivity contribution in [1.82, 2.24) is 20.2 Å². The zero-order valence-corrected chi connectivity index (χ0v) is 27.9. The molecule has 0 aliphatic carbocycles. The van der Waals surface area contributed by atoms with Gasteiger partial charge in [-0.2, -0.15) is 9.97 Å². The Morgan fingerprint density at radius 3 is 2.56 bits per heavy atom. The lowest BCUT2D eigenvalue weighted by Crippen LogP contribution is -2.45. The second kappa shape index (κ2) is 12.7. The van der Waals surface area contributed by atoms with E-state index in [2.05, 4.69) is 96.3 Å². The summed E-state index contributed by atoms with van der Waals surface area (Å²) >= 11 is 0. The number of aromatic nitrogens is 2. The maximum atomic E-state index is 6.50. The van der Waals surface area contributed by atoms with Crippen LogP contribution in [-0.4, -0.2) is 88.3 Å². The van der Waals surface area contributed by atoms with Gasteiger partial charge in [0.05, 0.1) is 12.2 Å². The molecule has 0 amide bonds. The molecule has 0 saturated carbocycles. The summed E-state index contributed by atoms with van der Waals surface area (Å²) in [5.74, 6) is 1.07. The van der Waals surface area contributed by atoms with Crippen molar-refractivity contribution in [2.24, 2.45) is 0 Å². The van der Waals surface area contributed by atoms with Crippen molar-refractivity contribution in [3.63, 3.8) is 0 Å². The fourth-order valence-electron chi connectivity index (χ4n) is 6.46. The zero-order chi connectivity index (χ0) is 30.0. The molecular formula is C34H50N6O2Si. The summed E-state index contributed by atoms with van der Waals surface area (Å²) in [6.45, 7) is 20.7. The van der Waals surface area contributed by atoms with Crippen molar-refractivity contribution in [1.29, 1.82) is 0 Å². The van der Waals surface area contributed by atoms with Crippen molar-refractivity contribution in [2.75, 3.05) is 68.8 Å². The third kappa shape index (κ3) is 6.70. The Morgan fingerprint density at radius 1 is 0.953 bits per heavy atom. The Bertz CT molecular complexity index is 1400. The largest absolute Gasteiger partial charge is 0.462 e. The molecule has 2 saturated heterocycles. The van der Waals surface area contributed by atoms with Crippen LogP contribution in [0, 0.1) is 0 Å². The van der Waals surface area contributed by atoms with Gasteiger partial charge < -0.3 is 24.3 Å². The van der Waals surface area contributed by atoms with Crippen molar-refractivity contribution < 1.29 is 9.16 Å². The molecule has 43 heavy (non-hydrogen) atoms. The molecule has 6 rings (SSSR count). The zero-order valence-electron chi connectivity index (χ0n) is 26.9. The third-order valence-corrected chi connectivity index (χ3v) is 14.6. The molecule has 232 valence electrons. The van der Waals surface area contributed by atoms with E-state index in [1.807, 2.05) is 0 Å². The number of fused-ring (bicyclic) bond motifs is 2. The molecule has 4 heterocycles. The van der Waals surface area contributed by atoms with Crippen LogP contribution in [0.15, 0.2) is 42.5 Å². The fraction of sp³-hybridized carbons (Fsp3) is 0.588. The first kappa shape index (κ1) is 30.3. The summed E-state index contributed by atoms with van der Waals surface area (Å²) in [6.07, 6.45) is 3.28. The number of likely N-dealkylation sites (tertiary alicyclic amines) is 1. The topological polar surface area (TPSA) is 66.0 Å². The van der Waals surface area contributed by atoms with Crippen LogP contribution in [0.3, 0.4) is 0 Å². The summed E-state index contributed by atoms with van der Waals surface area (Å²) in [6, 6.07) is 16.2. The van der Waals surface area contributed by atoms with Gasteiger partial charge in [0.1, 0.15) is 12.4 Å². The monoisotopic (exact) mass is 602 g/mol. The van der Waals surface area contributed by atoms with Crippen LogP contribution in [0.25, 0.3) is 10.8 Å². The number of nitrogens with zero attached hydrogens (tertiary/aromatic N) is 5. The summed E-state index contributed by atoms with van der Waals surface area (Å²) in [7, 11) is -1.74. The number of rotatable bonds is 9. The van der Waals surface area contributed by atoms with Crippen LogP contribution < -0.4 is 19.9 Å². The SMILES string of the molecule is CC(C)(C)[Si](C)(C)OCCN1CCC[C@H]1COc1nc2c(c(N3CCNCC3)n1)CCN(c1cccc3ccccc13)C2. The minimum Gasteiger partial charge on any atom is -0.462 e. The van der Waals surface area contributed by atoms with Gasteiger partial charge in [0, 0.05) is 68.6 Å². The molecule has 1 N–H and O–H groups in total. The van der Waals surface area contributed by atoms with Crippen molar-refractivity contribution in [2.45, 2.75) is 70.8 Å². The van der Waals surface area contributed by atoms with Crippen LogP contribution in [0.1, 0.15) is 44.9 Å². The van der Waals surface area contributed by atoms with Gasteiger partial charge in [-0.15, -0.1) is 0 Å². The van der Waals surface area contributed by atoms with Gasteiger partial charge in [0.25, 0.3) is 0 Å². The van der Waals surface area contributed by atoms with E-state index in [9.17, 15) is 0 Å². The predicted octanol–water partition coefficient (Wildman–Crippen LogP) is 5.47.